The minimum Gasteiger partial charge on any atom is -0.384 e. The molecule has 24 heavy (non-hydrogen) atoms. The number of anilines is 1. The Hall–Kier alpha value is -2.47. The van der Waals surface area contributed by atoms with E-state index in [-0.39, 0.29) is 5.91 Å². The van der Waals surface area contributed by atoms with E-state index in [1.54, 1.807) is 12.3 Å². The molecule has 1 atom stereocenters. The fourth-order valence-corrected chi connectivity index (χ4v) is 3.01. The smallest absolute Gasteiger partial charge is 0.253 e. The lowest BCUT2D eigenvalue weighted by Gasteiger charge is -2.24. The molecule has 2 aromatic rings. The van der Waals surface area contributed by atoms with Crippen molar-refractivity contribution in [3.8, 4) is 0 Å². The molecule has 0 aliphatic carbocycles. The lowest BCUT2D eigenvalue weighted by molar-refractivity contribution is 0.0779. The molecule has 1 amide bonds. The molecule has 0 bridgehead atoms. The van der Waals surface area contributed by atoms with Gasteiger partial charge in [0.2, 0.25) is 0 Å². The third-order valence-electron chi connectivity index (χ3n) is 4.49. The predicted molar refractivity (Wildman–Crippen MR) is 93.4 cm³/mol. The van der Waals surface area contributed by atoms with Gasteiger partial charge in [0.15, 0.2) is 0 Å². The summed E-state index contributed by atoms with van der Waals surface area (Å²) in [7, 11) is 2.04. The molecule has 1 aromatic carbocycles. The first kappa shape index (κ1) is 16.4. The molecule has 1 aliphatic rings. The molecule has 1 aliphatic heterocycles. The van der Waals surface area contributed by atoms with Crippen LogP contribution in [0.3, 0.4) is 0 Å². The van der Waals surface area contributed by atoms with Crippen molar-refractivity contribution in [2.75, 3.05) is 25.9 Å². The van der Waals surface area contributed by atoms with Crippen molar-refractivity contribution < 1.29 is 4.79 Å². The standard InChI is InChI=1S/C18H23N5O/c1-13-3-5-14(6-4-13)18(24)23-10-8-15(11-23)22(2)12-17-20-9-7-16(19)21-17/h3-7,9,15H,8,10-12H2,1-2H3,(H2,19,20,21)/t15-/m1/s1. The zero-order valence-electron chi connectivity index (χ0n) is 14.1. The molecule has 0 saturated carbocycles. The number of hydrogen-bond acceptors (Lipinski definition) is 5. The fraction of sp³-hybridized carbons (Fsp3) is 0.389. The largest absolute Gasteiger partial charge is 0.384 e. The summed E-state index contributed by atoms with van der Waals surface area (Å²) in [5.74, 6) is 1.29. The Morgan fingerprint density at radius 2 is 2.08 bits per heavy atom. The number of likely N-dealkylation sites (N-methyl/N-ethyl adjacent to an activating group) is 1. The Morgan fingerprint density at radius 3 is 2.79 bits per heavy atom. The van der Waals surface area contributed by atoms with Gasteiger partial charge in [0, 0.05) is 30.9 Å². The van der Waals surface area contributed by atoms with Gasteiger partial charge in [-0.05, 0) is 38.6 Å². The molecule has 1 saturated heterocycles. The van der Waals surface area contributed by atoms with Crippen molar-refractivity contribution in [3.05, 3.63) is 53.5 Å². The third-order valence-corrected chi connectivity index (χ3v) is 4.49. The van der Waals surface area contributed by atoms with E-state index in [0.717, 1.165) is 30.6 Å². The Kier molecular flexibility index (Phi) is 4.76. The number of benzene rings is 1. The first-order valence-electron chi connectivity index (χ1n) is 8.16. The van der Waals surface area contributed by atoms with Crippen LogP contribution in [0.15, 0.2) is 36.5 Å². The molecule has 3 rings (SSSR count). The summed E-state index contributed by atoms with van der Waals surface area (Å²) < 4.78 is 0. The maximum Gasteiger partial charge on any atom is 0.253 e. The number of nitrogens with zero attached hydrogens (tertiary/aromatic N) is 4. The lowest BCUT2D eigenvalue weighted by Crippen LogP contribution is -2.36. The van der Waals surface area contributed by atoms with Crippen LogP contribution in [0.2, 0.25) is 0 Å². The minimum absolute atomic E-state index is 0.103. The highest BCUT2D eigenvalue weighted by Gasteiger charge is 2.29. The van der Waals surface area contributed by atoms with Crippen LogP contribution in [0.5, 0.6) is 0 Å². The number of aromatic nitrogens is 2. The van der Waals surface area contributed by atoms with Gasteiger partial charge in [-0.1, -0.05) is 17.7 Å². The van der Waals surface area contributed by atoms with Crippen LogP contribution in [0, 0.1) is 6.92 Å². The quantitative estimate of drug-likeness (QED) is 0.926. The Labute approximate surface area is 142 Å². The second-order valence-corrected chi connectivity index (χ2v) is 6.37. The van der Waals surface area contributed by atoms with Crippen LogP contribution in [-0.4, -0.2) is 51.9 Å². The van der Waals surface area contributed by atoms with E-state index in [2.05, 4.69) is 14.9 Å². The molecule has 6 heteroatoms. The van der Waals surface area contributed by atoms with Crippen LogP contribution in [0.1, 0.15) is 28.2 Å². The van der Waals surface area contributed by atoms with Gasteiger partial charge in [-0.2, -0.15) is 0 Å². The van der Waals surface area contributed by atoms with Gasteiger partial charge in [0.25, 0.3) is 5.91 Å². The molecular weight excluding hydrogens is 302 g/mol. The number of nitrogen functional groups attached to an aromatic ring is 1. The van der Waals surface area contributed by atoms with Crippen molar-refractivity contribution in [1.82, 2.24) is 19.8 Å². The summed E-state index contributed by atoms with van der Waals surface area (Å²) in [5, 5.41) is 0. The number of aryl methyl sites for hydroxylation is 1. The van der Waals surface area contributed by atoms with E-state index < -0.39 is 0 Å². The number of carbonyl (C=O) groups excluding carboxylic acids is 1. The van der Waals surface area contributed by atoms with Crippen LogP contribution in [-0.2, 0) is 6.54 Å². The summed E-state index contributed by atoms with van der Waals surface area (Å²) in [6, 6.07) is 9.74. The Bertz CT molecular complexity index is 716. The van der Waals surface area contributed by atoms with Gasteiger partial charge in [0.05, 0.1) is 6.54 Å². The number of likely N-dealkylation sites (tertiary alicyclic amines) is 1. The van der Waals surface area contributed by atoms with Gasteiger partial charge in [-0.3, -0.25) is 9.69 Å². The van der Waals surface area contributed by atoms with Crippen molar-refractivity contribution >= 4 is 11.7 Å². The number of carbonyl (C=O) groups is 1. The summed E-state index contributed by atoms with van der Waals surface area (Å²) in [5.41, 5.74) is 7.61. The molecule has 2 heterocycles. The summed E-state index contributed by atoms with van der Waals surface area (Å²) in [4.78, 5) is 25.2. The SMILES string of the molecule is Cc1ccc(C(=O)N2CC[C@@H](N(C)Cc3nccc(N)n3)C2)cc1. The maximum absolute atomic E-state index is 12.6. The highest BCUT2D eigenvalue weighted by Crippen LogP contribution is 2.18. The molecule has 0 unspecified atom stereocenters. The average Bonchev–Trinajstić information content (AvgIpc) is 3.05. The Balaban J connectivity index is 1.60. The summed E-state index contributed by atoms with van der Waals surface area (Å²) in [6.45, 7) is 4.15. The second kappa shape index (κ2) is 6.97. The molecule has 0 radical (unpaired) electrons. The van der Waals surface area contributed by atoms with Crippen LogP contribution in [0.4, 0.5) is 5.82 Å². The average molecular weight is 325 g/mol. The number of rotatable bonds is 4. The van der Waals surface area contributed by atoms with Gasteiger partial charge in [-0.25, -0.2) is 9.97 Å². The van der Waals surface area contributed by atoms with Gasteiger partial charge in [0.1, 0.15) is 11.6 Å². The Morgan fingerprint density at radius 1 is 1.33 bits per heavy atom. The van der Waals surface area contributed by atoms with E-state index in [4.69, 9.17) is 5.73 Å². The van der Waals surface area contributed by atoms with E-state index in [0.29, 0.717) is 24.2 Å². The predicted octanol–water partition coefficient (Wildman–Crippen LogP) is 1.71. The molecule has 1 fully saturated rings. The number of nitrogens with two attached hydrogens (primary N) is 1. The molecule has 0 spiro atoms. The highest BCUT2D eigenvalue weighted by atomic mass is 16.2. The first-order valence-corrected chi connectivity index (χ1v) is 8.16. The minimum atomic E-state index is 0.103. The maximum atomic E-state index is 12.6. The summed E-state index contributed by atoms with van der Waals surface area (Å²) >= 11 is 0. The van der Waals surface area contributed by atoms with E-state index in [9.17, 15) is 4.79 Å². The van der Waals surface area contributed by atoms with Crippen molar-refractivity contribution in [1.29, 1.82) is 0 Å². The van der Waals surface area contributed by atoms with Crippen LogP contribution < -0.4 is 5.73 Å². The van der Waals surface area contributed by atoms with Gasteiger partial charge < -0.3 is 10.6 Å². The molecule has 2 N–H and O–H groups in total. The van der Waals surface area contributed by atoms with E-state index >= 15 is 0 Å². The topological polar surface area (TPSA) is 75.4 Å². The number of amides is 1. The monoisotopic (exact) mass is 325 g/mol. The lowest BCUT2D eigenvalue weighted by atomic mass is 10.1. The summed E-state index contributed by atoms with van der Waals surface area (Å²) in [6.07, 6.45) is 2.63. The molecule has 1 aromatic heterocycles. The van der Waals surface area contributed by atoms with Crippen LogP contribution >= 0.6 is 0 Å². The van der Waals surface area contributed by atoms with Gasteiger partial charge in [-0.15, -0.1) is 0 Å². The molecular formula is C18H23N5O. The molecule has 126 valence electrons. The second-order valence-electron chi connectivity index (χ2n) is 6.37. The van der Waals surface area contributed by atoms with E-state index in [1.807, 2.05) is 43.1 Å². The third kappa shape index (κ3) is 3.71. The first-order chi connectivity index (χ1) is 11.5. The highest BCUT2D eigenvalue weighted by molar-refractivity contribution is 5.94. The fourth-order valence-electron chi connectivity index (χ4n) is 3.01. The molecule has 6 nitrogen and oxygen atoms in total. The zero-order chi connectivity index (χ0) is 17.1. The number of hydrogen-bond donors (Lipinski definition) is 1. The zero-order valence-corrected chi connectivity index (χ0v) is 14.1. The van der Waals surface area contributed by atoms with E-state index in [1.165, 1.54) is 0 Å². The normalized spacial score (nSPS) is 17.5. The van der Waals surface area contributed by atoms with Crippen molar-refractivity contribution in [2.45, 2.75) is 25.9 Å². The van der Waals surface area contributed by atoms with Gasteiger partial charge >= 0.3 is 0 Å². The van der Waals surface area contributed by atoms with Crippen molar-refractivity contribution in [2.24, 2.45) is 0 Å². The van der Waals surface area contributed by atoms with Crippen LogP contribution in [0.25, 0.3) is 0 Å². The van der Waals surface area contributed by atoms with Crippen molar-refractivity contribution in [3.63, 3.8) is 0 Å².